The molecule has 142 valence electrons. The number of esters is 1. The van der Waals surface area contributed by atoms with Crippen LogP contribution in [0.1, 0.15) is 27.5 Å². The van der Waals surface area contributed by atoms with E-state index in [0.717, 1.165) is 11.1 Å². The quantitative estimate of drug-likeness (QED) is 0.780. The van der Waals surface area contributed by atoms with E-state index in [1.807, 2.05) is 19.1 Å². The predicted molar refractivity (Wildman–Crippen MR) is 102 cm³/mol. The summed E-state index contributed by atoms with van der Waals surface area (Å²) in [5.41, 5.74) is 2.44. The molecule has 1 unspecified atom stereocenters. The van der Waals surface area contributed by atoms with E-state index in [4.69, 9.17) is 0 Å². The Balaban J connectivity index is 1.66. The highest BCUT2D eigenvalue weighted by atomic mass is 32.2. The molecule has 2 N–H and O–H groups in total. The maximum atomic E-state index is 12.4. The zero-order valence-electron chi connectivity index (χ0n) is 15.1. The van der Waals surface area contributed by atoms with Crippen molar-refractivity contribution < 1.29 is 17.9 Å². The van der Waals surface area contributed by atoms with Crippen molar-refractivity contribution in [3.63, 3.8) is 0 Å². The largest absolute Gasteiger partial charge is 0.465 e. The average Bonchev–Trinajstić information content (AvgIpc) is 2.68. The summed E-state index contributed by atoms with van der Waals surface area (Å²) in [6, 6.07) is 13.7. The number of carbonyl (C=O) groups excluding carboxylic acids is 1. The summed E-state index contributed by atoms with van der Waals surface area (Å²) in [6.07, 6.45) is 0. The van der Waals surface area contributed by atoms with Crippen LogP contribution in [0.15, 0.2) is 58.4 Å². The number of ether oxygens (including phenoxy) is 1. The van der Waals surface area contributed by atoms with E-state index in [1.54, 1.807) is 36.4 Å². The molecule has 0 amide bonds. The van der Waals surface area contributed by atoms with Crippen LogP contribution in [0.25, 0.3) is 0 Å². The van der Waals surface area contributed by atoms with Gasteiger partial charge in [-0.15, -0.1) is 0 Å². The number of nitrogens with zero attached hydrogens (tertiary/aromatic N) is 1. The highest BCUT2D eigenvalue weighted by Crippen LogP contribution is 2.17. The molecule has 1 atom stereocenters. The highest BCUT2D eigenvalue weighted by Gasteiger charge is 2.21. The maximum Gasteiger partial charge on any atom is 0.337 e. The van der Waals surface area contributed by atoms with Gasteiger partial charge in [0.05, 0.1) is 36.7 Å². The van der Waals surface area contributed by atoms with Gasteiger partial charge in [0.25, 0.3) is 10.0 Å². The van der Waals surface area contributed by atoms with Gasteiger partial charge in [-0.2, -0.15) is 0 Å². The van der Waals surface area contributed by atoms with Crippen LogP contribution in [0.2, 0.25) is 0 Å². The molecular formula is C19H21N3O4S. The van der Waals surface area contributed by atoms with Crippen molar-refractivity contribution in [2.75, 3.05) is 20.2 Å². The minimum absolute atomic E-state index is 0.0516. The van der Waals surface area contributed by atoms with Crippen molar-refractivity contribution in [3.8, 4) is 0 Å². The Bertz CT molecular complexity index is 951. The SMILES string of the molecule is COC(=O)c1ccc(C2CN=C(NS(=O)(=O)c3ccc(C)cc3)CN2)cc1. The zero-order valence-corrected chi connectivity index (χ0v) is 15.9. The lowest BCUT2D eigenvalue weighted by atomic mass is 10.0. The Morgan fingerprint density at radius 2 is 1.81 bits per heavy atom. The van der Waals surface area contributed by atoms with E-state index >= 15 is 0 Å². The molecule has 0 spiro atoms. The number of rotatable bonds is 4. The fourth-order valence-corrected chi connectivity index (χ4v) is 3.79. The third-order valence-electron chi connectivity index (χ3n) is 4.30. The number of methoxy groups -OCH3 is 1. The number of nitrogens with one attached hydrogen (secondary N) is 2. The molecule has 1 aliphatic rings. The zero-order chi connectivity index (χ0) is 19.4. The molecule has 0 fully saturated rings. The van der Waals surface area contributed by atoms with E-state index in [2.05, 4.69) is 19.8 Å². The molecule has 0 bridgehead atoms. The average molecular weight is 387 g/mol. The van der Waals surface area contributed by atoms with Crippen LogP contribution in [0.3, 0.4) is 0 Å². The number of hydrogen-bond acceptors (Lipinski definition) is 6. The predicted octanol–water partition coefficient (Wildman–Crippen LogP) is 1.80. The third kappa shape index (κ3) is 4.53. The molecular weight excluding hydrogens is 366 g/mol. The maximum absolute atomic E-state index is 12.4. The lowest BCUT2D eigenvalue weighted by molar-refractivity contribution is 0.0600. The van der Waals surface area contributed by atoms with Gasteiger partial charge in [0, 0.05) is 0 Å². The molecule has 0 aromatic heterocycles. The molecule has 2 aromatic carbocycles. The van der Waals surface area contributed by atoms with E-state index in [-0.39, 0.29) is 16.9 Å². The van der Waals surface area contributed by atoms with Crippen LogP contribution in [0.4, 0.5) is 0 Å². The van der Waals surface area contributed by atoms with Crippen molar-refractivity contribution in [2.24, 2.45) is 4.99 Å². The summed E-state index contributed by atoms with van der Waals surface area (Å²) < 4.78 is 32.1. The normalized spacial score (nSPS) is 17.1. The van der Waals surface area contributed by atoms with Crippen LogP contribution in [0.5, 0.6) is 0 Å². The number of aliphatic imine (C=N–C) groups is 1. The highest BCUT2D eigenvalue weighted by molar-refractivity contribution is 7.90. The van der Waals surface area contributed by atoms with Gasteiger partial charge in [-0.05, 0) is 36.8 Å². The monoisotopic (exact) mass is 387 g/mol. The summed E-state index contributed by atoms with van der Waals surface area (Å²) in [7, 11) is -2.31. The van der Waals surface area contributed by atoms with Crippen LogP contribution in [-0.4, -0.2) is 40.4 Å². The first kappa shape index (κ1) is 19.1. The Kier molecular flexibility index (Phi) is 5.57. The number of sulfonamides is 1. The third-order valence-corrected chi connectivity index (χ3v) is 5.70. The Hall–Kier alpha value is -2.71. The Morgan fingerprint density at radius 1 is 1.15 bits per heavy atom. The Labute approximate surface area is 158 Å². The minimum atomic E-state index is -3.65. The van der Waals surface area contributed by atoms with E-state index in [0.29, 0.717) is 24.5 Å². The van der Waals surface area contributed by atoms with Gasteiger partial charge in [0.15, 0.2) is 0 Å². The van der Waals surface area contributed by atoms with Gasteiger partial charge in [-0.3, -0.25) is 9.71 Å². The van der Waals surface area contributed by atoms with Crippen LogP contribution < -0.4 is 10.0 Å². The molecule has 27 heavy (non-hydrogen) atoms. The lowest BCUT2D eigenvalue weighted by Gasteiger charge is -2.24. The number of amidine groups is 1. The smallest absolute Gasteiger partial charge is 0.337 e. The first-order valence-electron chi connectivity index (χ1n) is 8.43. The van der Waals surface area contributed by atoms with Gasteiger partial charge < -0.3 is 10.1 Å². The lowest BCUT2D eigenvalue weighted by Crippen LogP contribution is -2.43. The number of carbonyl (C=O) groups is 1. The summed E-state index contributed by atoms with van der Waals surface area (Å²) in [6.45, 7) is 2.59. The molecule has 3 rings (SSSR count). The van der Waals surface area contributed by atoms with E-state index < -0.39 is 10.0 Å². The molecule has 7 nitrogen and oxygen atoms in total. The fraction of sp³-hybridized carbons (Fsp3) is 0.263. The molecule has 1 aliphatic heterocycles. The van der Waals surface area contributed by atoms with Gasteiger partial charge >= 0.3 is 5.97 Å². The molecule has 1 heterocycles. The number of hydrogen-bond donors (Lipinski definition) is 2. The first-order valence-corrected chi connectivity index (χ1v) is 9.92. The van der Waals surface area contributed by atoms with Crippen LogP contribution >= 0.6 is 0 Å². The summed E-state index contributed by atoms with van der Waals surface area (Å²) in [5, 5.41) is 3.26. The Morgan fingerprint density at radius 3 is 2.37 bits per heavy atom. The van der Waals surface area contributed by atoms with Crippen molar-refractivity contribution in [2.45, 2.75) is 17.9 Å². The number of benzene rings is 2. The van der Waals surface area contributed by atoms with Gasteiger partial charge in [0.1, 0.15) is 5.84 Å². The second-order valence-electron chi connectivity index (χ2n) is 6.25. The molecule has 0 saturated carbocycles. The van der Waals surface area contributed by atoms with E-state index in [1.165, 1.54) is 7.11 Å². The summed E-state index contributed by atoms with van der Waals surface area (Å²) in [4.78, 5) is 16.1. The molecule has 0 saturated heterocycles. The minimum Gasteiger partial charge on any atom is -0.465 e. The van der Waals surface area contributed by atoms with Gasteiger partial charge in [0.2, 0.25) is 0 Å². The number of aryl methyl sites for hydroxylation is 1. The summed E-state index contributed by atoms with van der Waals surface area (Å²) >= 11 is 0. The molecule has 2 aromatic rings. The van der Waals surface area contributed by atoms with E-state index in [9.17, 15) is 13.2 Å². The first-order chi connectivity index (χ1) is 12.9. The molecule has 0 aliphatic carbocycles. The second-order valence-corrected chi connectivity index (χ2v) is 7.94. The standard InChI is InChI=1S/C19H21N3O4S/c1-13-3-9-16(10-4-13)27(24,25)22-18-12-20-17(11-21-18)14-5-7-15(8-6-14)19(23)26-2/h3-10,17,20H,11-12H2,1-2H3,(H,21,22). The van der Waals surface area contributed by atoms with Crippen molar-refractivity contribution in [1.29, 1.82) is 0 Å². The fourth-order valence-electron chi connectivity index (χ4n) is 2.73. The van der Waals surface area contributed by atoms with Gasteiger partial charge in [-0.25, -0.2) is 13.2 Å². The molecule has 8 heteroatoms. The van der Waals surface area contributed by atoms with Crippen molar-refractivity contribution >= 4 is 21.8 Å². The topological polar surface area (TPSA) is 96.9 Å². The van der Waals surface area contributed by atoms with Crippen molar-refractivity contribution in [3.05, 3.63) is 65.2 Å². The molecule has 0 radical (unpaired) electrons. The van der Waals surface area contributed by atoms with Crippen LogP contribution in [-0.2, 0) is 14.8 Å². The summed E-state index contributed by atoms with van der Waals surface area (Å²) in [5.74, 6) is -0.0121. The van der Waals surface area contributed by atoms with Crippen LogP contribution in [0, 0.1) is 6.92 Å². The van der Waals surface area contributed by atoms with Gasteiger partial charge in [-0.1, -0.05) is 29.8 Å². The van der Waals surface area contributed by atoms with Crippen molar-refractivity contribution in [1.82, 2.24) is 10.0 Å². The second kappa shape index (κ2) is 7.89.